The van der Waals surface area contributed by atoms with E-state index in [-0.39, 0.29) is 0 Å². The molecule has 0 bridgehead atoms. The number of piperazine rings is 1. The normalized spacial score (nSPS) is 18.4. The van der Waals surface area contributed by atoms with Crippen molar-refractivity contribution in [1.82, 2.24) is 14.3 Å². The van der Waals surface area contributed by atoms with E-state index in [0.29, 0.717) is 31.1 Å². The third-order valence-corrected chi connectivity index (χ3v) is 8.03. The lowest BCUT2D eigenvalue weighted by Gasteiger charge is -2.35. The number of aromatic nitrogens is 2. The van der Waals surface area contributed by atoms with E-state index in [4.69, 9.17) is 4.98 Å². The van der Waals surface area contributed by atoms with Crippen molar-refractivity contribution in [3.05, 3.63) is 41.1 Å². The number of aryl methyl sites for hydroxylation is 3. The molecule has 2 saturated heterocycles. The van der Waals surface area contributed by atoms with Crippen LogP contribution in [0.5, 0.6) is 0 Å². The molecule has 7 nitrogen and oxygen atoms in total. The fourth-order valence-electron chi connectivity index (χ4n) is 4.09. The van der Waals surface area contributed by atoms with Crippen molar-refractivity contribution in [1.29, 1.82) is 0 Å². The third-order valence-electron chi connectivity index (χ3n) is 5.99. The van der Waals surface area contributed by atoms with E-state index in [1.807, 2.05) is 32.9 Å². The van der Waals surface area contributed by atoms with Crippen LogP contribution in [-0.2, 0) is 10.0 Å². The van der Waals surface area contributed by atoms with Crippen LogP contribution in [0.3, 0.4) is 0 Å². The summed E-state index contributed by atoms with van der Waals surface area (Å²) in [5.41, 5.74) is 2.92. The molecule has 0 spiro atoms. The fourth-order valence-corrected chi connectivity index (χ4v) is 5.81. The Balaban J connectivity index is 1.48. The van der Waals surface area contributed by atoms with E-state index in [1.165, 1.54) is 12.8 Å². The number of hydrogen-bond acceptors (Lipinski definition) is 6. The smallest absolute Gasteiger partial charge is 0.243 e. The van der Waals surface area contributed by atoms with Gasteiger partial charge in [-0.2, -0.15) is 9.29 Å². The number of anilines is 2. The minimum absolute atomic E-state index is 0.424. The quantitative estimate of drug-likeness (QED) is 0.764. The number of rotatable bonds is 4. The van der Waals surface area contributed by atoms with Crippen molar-refractivity contribution in [3.63, 3.8) is 0 Å². The van der Waals surface area contributed by atoms with Gasteiger partial charge in [-0.05, 0) is 62.4 Å². The maximum absolute atomic E-state index is 13.2. The molecule has 2 aliphatic rings. The summed E-state index contributed by atoms with van der Waals surface area (Å²) in [6.07, 6.45) is 4.17. The first kappa shape index (κ1) is 20.1. The molecule has 29 heavy (non-hydrogen) atoms. The van der Waals surface area contributed by atoms with Crippen LogP contribution in [0.4, 0.5) is 11.8 Å². The largest absolute Gasteiger partial charge is 0.354 e. The van der Waals surface area contributed by atoms with E-state index in [9.17, 15) is 8.42 Å². The van der Waals surface area contributed by atoms with Gasteiger partial charge in [0, 0.05) is 45.5 Å². The zero-order valence-electron chi connectivity index (χ0n) is 17.4. The van der Waals surface area contributed by atoms with Gasteiger partial charge in [0.1, 0.15) is 5.82 Å². The maximum Gasteiger partial charge on any atom is 0.243 e. The van der Waals surface area contributed by atoms with E-state index >= 15 is 0 Å². The van der Waals surface area contributed by atoms with E-state index in [0.717, 1.165) is 41.5 Å². The van der Waals surface area contributed by atoms with Gasteiger partial charge >= 0.3 is 0 Å². The molecule has 0 unspecified atom stereocenters. The molecule has 0 atom stereocenters. The van der Waals surface area contributed by atoms with Crippen molar-refractivity contribution in [2.45, 2.75) is 38.5 Å². The minimum atomic E-state index is -3.49. The van der Waals surface area contributed by atoms with Gasteiger partial charge in [-0.3, -0.25) is 0 Å². The molecule has 1 aromatic heterocycles. The predicted molar refractivity (Wildman–Crippen MR) is 115 cm³/mol. The molecule has 0 radical (unpaired) electrons. The summed E-state index contributed by atoms with van der Waals surface area (Å²) in [4.78, 5) is 13.9. The van der Waals surface area contributed by atoms with Gasteiger partial charge in [-0.1, -0.05) is 6.07 Å². The van der Waals surface area contributed by atoms with Gasteiger partial charge in [0.15, 0.2) is 0 Å². The van der Waals surface area contributed by atoms with Gasteiger partial charge in [0.2, 0.25) is 16.0 Å². The van der Waals surface area contributed by atoms with Gasteiger partial charge in [0.05, 0.1) is 4.90 Å². The molecule has 0 aliphatic carbocycles. The average Bonchev–Trinajstić information content (AvgIpc) is 3.26. The highest BCUT2D eigenvalue weighted by molar-refractivity contribution is 7.89. The molecule has 8 heteroatoms. The van der Waals surface area contributed by atoms with Gasteiger partial charge in [-0.25, -0.2) is 13.4 Å². The van der Waals surface area contributed by atoms with Crippen LogP contribution in [0.25, 0.3) is 0 Å². The minimum Gasteiger partial charge on any atom is -0.354 e. The second-order valence-electron chi connectivity index (χ2n) is 8.00. The first-order valence-electron chi connectivity index (χ1n) is 10.3. The Bertz CT molecular complexity index is 994. The molecule has 0 N–H and O–H groups in total. The Kier molecular flexibility index (Phi) is 5.48. The van der Waals surface area contributed by atoms with Gasteiger partial charge in [-0.15, -0.1) is 0 Å². The summed E-state index contributed by atoms with van der Waals surface area (Å²) in [5, 5.41) is 0. The number of benzene rings is 1. The van der Waals surface area contributed by atoms with Gasteiger partial charge in [0.25, 0.3) is 0 Å². The number of sulfonamides is 1. The zero-order valence-corrected chi connectivity index (χ0v) is 18.2. The topological polar surface area (TPSA) is 69.6 Å². The molecule has 4 rings (SSSR count). The molecule has 3 heterocycles. The first-order valence-corrected chi connectivity index (χ1v) is 11.7. The van der Waals surface area contributed by atoms with Gasteiger partial charge < -0.3 is 9.80 Å². The predicted octanol–water partition coefficient (Wildman–Crippen LogP) is 2.51. The molecule has 0 saturated carbocycles. The lowest BCUT2D eigenvalue weighted by Crippen LogP contribution is -2.49. The molecule has 2 aliphatic heterocycles. The van der Waals surface area contributed by atoms with Crippen LogP contribution in [-0.4, -0.2) is 62.0 Å². The van der Waals surface area contributed by atoms with Crippen molar-refractivity contribution in [2.75, 3.05) is 49.1 Å². The Hall–Kier alpha value is -2.19. The Labute approximate surface area is 173 Å². The summed E-state index contributed by atoms with van der Waals surface area (Å²) in [6.45, 7) is 10.0. The summed E-state index contributed by atoms with van der Waals surface area (Å²) in [5.74, 6) is 1.65. The molecular formula is C21H29N5O2S. The highest BCUT2D eigenvalue weighted by Gasteiger charge is 2.30. The monoisotopic (exact) mass is 415 g/mol. The van der Waals surface area contributed by atoms with Crippen molar-refractivity contribution in [2.24, 2.45) is 0 Å². The standard InChI is InChI=1S/C21H29N5O2S/c1-16-14-18(3)19(15-17(16)2)29(27,28)26-12-10-24(11-13-26)20-6-7-22-21(23-20)25-8-4-5-9-25/h6-7,14-15H,4-5,8-13H2,1-3H3. The van der Waals surface area contributed by atoms with Crippen LogP contribution in [0.1, 0.15) is 29.5 Å². The third kappa shape index (κ3) is 3.96. The maximum atomic E-state index is 13.2. The second kappa shape index (κ2) is 7.91. The van der Waals surface area contributed by atoms with Crippen molar-refractivity contribution < 1.29 is 8.42 Å². The van der Waals surface area contributed by atoms with Crippen LogP contribution in [0.2, 0.25) is 0 Å². The molecule has 1 aromatic carbocycles. The first-order chi connectivity index (χ1) is 13.9. The molecule has 156 valence electrons. The Morgan fingerprint density at radius 1 is 0.828 bits per heavy atom. The summed E-state index contributed by atoms with van der Waals surface area (Å²) in [6, 6.07) is 5.68. The van der Waals surface area contributed by atoms with E-state index < -0.39 is 10.0 Å². The van der Waals surface area contributed by atoms with E-state index in [1.54, 1.807) is 16.6 Å². The highest BCUT2D eigenvalue weighted by atomic mass is 32.2. The SMILES string of the molecule is Cc1cc(C)c(S(=O)(=O)N2CCN(c3ccnc(N4CCCC4)n3)CC2)cc1C. The average molecular weight is 416 g/mol. The van der Waals surface area contributed by atoms with Crippen LogP contribution in [0.15, 0.2) is 29.3 Å². The van der Waals surface area contributed by atoms with Crippen molar-refractivity contribution >= 4 is 21.8 Å². The highest BCUT2D eigenvalue weighted by Crippen LogP contribution is 2.26. The lowest BCUT2D eigenvalue weighted by atomic mass is 10.1. The molecular weight excluding hydrogens is 386 g/mol. The number of hydrogen-bond donors (Lipinski definition) is 0. The fraction of sp³-hybridized carbons (Fsp3) is 0.524. The summed E-state index contributed by atoms with van der Waals surface area (Å²) in [7, 11) is -3.49. The van der Waals surface area contributed by atoms with Crippen LogP contribution >= 0.6 is 0 Å². The Morgan fingerprint density at radius 3 is 2.17 bits per heavy atom. The second-order valence-corrected chi connectivity index (χ2v) is 9.91. The lowest BCUT2D eigenvalue weighted by molar-refractivity contribution is 0.383. The van der Waals surface area contributed by atoms with E-state index in [2.05, 4.69) is 14.8 Å². The zero-order chi connectivity index (χ0) is 20.6. The summed E-state index contributed by atoms with van der Waals surface area (Å²) >= 11 is 0. The summed E-state index contributed by atoms with van der Waals surface area (Å²) < 4.78 is 28.0. The Morgan fingerprint density at radius 2 is 1.48 bits per heavy atom. The molecule has 2 fully saturated rings. The van der Waals surface area contributed by atoms with Crippen LogP contribution < -0.4 is 9.80 Å². The molecule has 2 aromatic rings. The number of nitrogens with zero attached hydrogens (tertiary/aromatic N) is 5. The molecule has 0 amide bonds. The van der Waals surface area contributed by atoms with Crippen LogP contribution in [0, 0.1) is 20.8 Å². The van der Waals surface area contributed by atoms with Crippen molar-refractivity contribution in [3.8, 4) is 0 Å².